The maximum Gasteiger partial charge on any atom is 0.251 e. The second-order valence-corrected chi connectivity index (χ2v) is 5.97. The van der Waals surface area contributed by atoms with Crippen LogP contribution in [0.25, 0.3) is 0 Å². The second kappa shape index (κ2) is 5.08. The largest absolute Gasteiger partial charge is 0.251 e. The van der Waals surface area contributed by atoms with E-state index in [1.165, 1.54) is 12.1 Å². The average Bonchev–Trinajstić information content (AvgIpc) is 2.75. The molecule has 16 heavy (non-hydrogen) atoms. The lowest BCUT2D eigenvalue weighted by atomic mass is 10.3. The fourth-order valence-electron chi connectivity index (χ4n) is 0.971. The third-order valence-electron chi connectivity index (χ3n) is 1.82. The summed E-state index contributed by atoms with van der Waals surface area (Å²) in [5.74, 6) is 0. The molecule has 0 saturated carbocycles. The van der Waals surface area contributed by atoms with Gasteiger partial charge in [0.2, 0.25) is 0 Å². The van der Waals surface area contributed by atoms with E-state index in [1.54, 1.807) is 6.92 Å². The number of nitrogens with one attached hydrogen (secondary N) is 1. The lowest BCUT2D eigenvalue weighted by Crippen LogP contribution is -2.32. The van der Waals surface area contributed by atoms with Crippen molar-refractivity contribution in [1.29, 1.82) is 10.5 Å². The minimum Gasteiger partial charge on any atom is -0.206 e. The Hall–Kier alpha value is -1.41. The first kappa shape index (κ1) is 12.7. The Balaban J connectivity index is 2.96. The van der Waals surface area contributed by atoms with Crippen molar-refractivity contribution < 1.29 is 8.42 Å². The molecule has 0 spiro atoms. The van der Waals surface area contributed by atoms with Crippen molar-refractivity contribution in [2.75, 3.05) is 0 Å². The van der Waals surface area contributed by atoms with E-state index in [0.29, 0.717) is 11.3 Å². The van der Waals surface area contributed by atoms with E-state index in [9.17, 15) is 8.42 Å². The Labute approximate surface area is 98.0 Å². The standard InChI is InChI=1S/C9H9N3O2S2/c1-2-7(5-10)12-16(13,14)9-4-3-8(6-11)15-9/h3-4,7,12H,2H2,1H3. The minimum absolute atomic E-state index is 0.0535. The van der Waals surface area contributed by atoms with Crippen LogP contribution in [0.1, 0.15) is 18.2 Å². The minimum atomic E-state index is -3.68. The van der Waals surface area contributed by atoms with Crippen molar-refractivity contribution in [2.24, 2.45) is 0 Å². The van der Waals surface area contributed by atoms with Crippen LogP contribution in [0.5, 0.6) is 0 Å². The second-order valence-electron chi connectivity index (χ2n) is 2.94. The van der Waals surface area contributed by atoms with Gasteiger partial charge in [0.1, 0.15) is 21.2 Å². The molecule has 0 fully saturated rings. The molecular weight excluding hydrogens is 246 g/mol. The van der Waals surface area contributed by atoms with Crippen LogP contribution >= 0.6 is 11.3 Å². The molecular formula is C9H9N3O2S2. The molecule has 0 radical (unpaired) electrons. The number of hydrogen-bond acceptors (Lipinski definition) is 5. The molecule has 0 amide bonds. The predicted octanol–water partition coefficient (Wildman–Crippen LogP) is 1.20. The van der Waals surface area contributed by atoms with Gasteiger partial charge in [-0.05, 0) is 18.6 Å². The van der Waals surface area contributed by atoms with E-state index in [4.69, 9.17) is 10.5 Å². The van der Waals surface area contributed by atoms with Crippen molar-refractivity contribution in [3.05, 3.63) is 17.0 Å². The number of rotatable bonds is 4. The molecule has 0 aliphatic carbocycles. The van der Waals surface area contributed by atoms with Gasteiger partial charge in [-0.25, -0.2) is 8.42 Å². The zero-order valence-corrected chi connectivity index (χ0v) is 10.1. The third-order valence-corrected chi connectivity index (χ3v) is 4.77. The summed E-state index contributed by atoms with van der Waals surface area (Å²) < 4.78 is 25.8. The maximum absolute atomic E-state index is 11.7. The van der Waals surface area contributed by atoms with Crippen LogP contribution in [0.3, 0.4) is 0 Å². The first-order valence-electron chi connectivity index (χ1n) is 4.45. The molecule has 1 aromatic rings. The molecule has 1 N–H and O–H groups in total. The van der Waals surface area contributed by atoms with Crippen LogP contribution in [-0.2, 0) is 10.0 Å². The lowest BCUT2D eigenvalue weighted by molar-refractivity contribution is 0.571. The highest BCUT2D eigenvalue weighted by Gasteiger charge is 2.20. The molecule has 0 saturated heterocycles. The first-order valence-corrected chi connectivity index (χ1v) is 6.75. The van der Waals surface area contributed by atoms with Crippen LogP contribution in [-0.4, -0.2) is 14.5 Å². The lowest BCUT2D eigenvalue weighted by Gasteiger charge is -2.07. The highest BCUT2D eigenvalue weighted by atomic mass is 32.2. The third kappa shape index (κ3) is 2.80. The molecule has 0 aromatic carbocycles. The zero-order chi connectivity index (χ0) is 12.2. The van der Waals surface area contributed by atoms with Gasteiger partial charge in [-0.1, -0.05) is 6.92 Å². The molecule has 1 unspecified atom stereocenters. The summed E-state index contributed by atoms with van der Waals surface area (Å²) in [6, 6.07) is 5.77. The van der Waals surface area contributed by atoms with E-state index in [0.717, 1.165) is 11.3 Å². The fraction of sp³-hybridized carbons (Fsp3) is 0.333. The van der Waals surface area contributed by atoms with E-state index in [1.807, 2.05) is 12.1 Å². The molecule has 0 bridgehead atoms. The molecule has 7 heteroatoms. The van der Waals surface area contributed by atoms with Crippen LogP contribution in [0.4, 0.5) is 0 Å². The average molecular weight is 255 g/mol. The van der Waals surface area contributed by atoms with Crippen molar-refractivity contribution in [1.82, 2.24) is 4.72 Å². The number of sulfonamides is 1. The molecule has 1 atom stereocenters. The summed E-state index contributed by atoms with van der Waals surface area (Å²) in [7, 11) is -3.68. The monoisotopic (exact) mass is 255 g/mol. The van der Waals surface area contributed by atoms with Crippen molar-refractivity contribution >= 4 is 21.4 Å². The van der Waals surface area contributed by atoms with Crippen molar-refractivity contribution in [2.45, 2.75) is 23.6 Å². The molecule has 1 rings (SSSR count). The summed E-state index contributed by atoms with van der Waals surface area (Å²) >= 11 is 0.882. The van der Waals surface area contributed by atoms with Gasteiger partial charge < -0.3 is 0 Å². The van der Waals surface area contributed by atoms with Crippen LogP contribution in [0.2, 0.25) is 0 Å². The highest BCUT2D eigenvalue weighted by molar-refractivity contribution is 7.91. The van der Waals surface area contributed by atoms with E-state index in [2.05, 4.69) is 4.72 Å². The Bertz CT molecular complexity index is 548. The predicted molar refractivity (Wildman–Crippen MR) is 59.0 cm³/mol. The smallest absolute Gasteiger partial charge is 0.206 e. The number of thiophene rings is 1. The highest BCUT2D eigenvalue weighted by Crippen LogP contribution is 2.20. The summed E-state index contributed by atoms with van der Waals surface area (Å²) in [6.45, 7) is 1.71. The van der Waals surface area contributed by atoms with Gasteiger partial charge in [0, 0.05) is 0 Å². The van der Waals surface area contributed by atoms with Crippen LogP contribution in [0, 0.1) is 22.7 Å². The van der Waals surface area contributed by atoms with Gasteiger partial charge in [-0.2, -0.15) is 15.2 Å². The maximum atomic E-state index is 11.7. The van der Waals surface area contributed by atoms with Crippen LogP contribution < -0.4 is 4.72 Å². The summed E-state index contributed by atoms with van der Waals surface area (Å²) in [6.07, 6.45) is 0.395. The Kier molecular flexibility index (Phi) is 4.02. The summed E-state index contributed by atoms with van der Waals surface area (Å²) in [4.78, 5) is 0.324. The molecule has 1 aromatic heterocycles. The quantitative estimate of drug-likeness (QED) is 0.874. The van der Waals surface area contributed by atoms with E-state index < -0.39 is 16.1 Å². The first-order chi connectivity index (χ1) is 7.53. The Morgan fingerprint density at radius 3 is 2.62 bits per heavy atom. The van der Waals surface area contributed by atoms with E-state index >= 15 is 0 Å². The van der Waals surface area contributed by atoms with Crippen LogP contribution in [0.15, 0.2) is 16.3 Å². The summed E-state index contributed by atoms with van der Waals surface area (Å²) in [5.41, 5.74) is 0. The molecule has 0 aliphatic heterocycles. The van der Waals surface area contributed by atoms with Gasteiger partial charge in [0.25, 0.3) is 10.0 Å². The Morgan fingerprint density at radius 2 is 2.19 bits per heavy atom. The number of nitriles is 2. The number of hydrogen-bond donors (Lipinski definition) is 1. The van der Waals surface area contributed by atoms with Gasteiger partial charge in [-0.3, -0.25) is 0 Å². The Morgan fingerprint density at radius 1 is 1.50 bits per heavy atom. The zero-order valence-electron chi connectivity index (χ0n) is 8.47. The van der Waals surface area contributed by atoms with Gasteiger partial charge in [0.05, 0.1) is 6.07 Å². The van der Waals surface area contributed by atoms with Gasteiger partial charge in [0.15, 0.2) is 0 Å². The summed E-state index contributed by atoms with van der Waals surface area (Å²) in [5, 5.41) is 17.2. The van der Waals surface area contributed by atoms with Crippen molar-refractivity contribution in [3.8, 4) is 12.1 Å². The van der Waals surface area contributed by atoms with Gasteiger partial charge in [-0.15, -0.1) is 11.3 Å². The van der Waals surface area contributed by atoms with Gasteiger partial charge >= 0.3 is 0 Å². The molecule has 1 heterocycles. The SMILES string of the molecule is CCC(C#N)NS(=O)(=O)c1ccc(C#N)s1. The molecule has 5 nitrogen and oxygen atoms in total. The fourth-order valence-corrected chi connectivity index (χ4v) is 3.32. The normalized spacial score (nSPS) is 12.7. The van der Waals surface area contributed by atoms with E-state index in [-0.39, 0.29) is 4.21 Å². The number of nitrogens with zero attached hydrogens (tertiary/aromatic N) is 2. The van der Waals surface area contributed by atoms with Crippen molar-refractivity contribution in [3.63, 3.8) is 0 Å². The topological polar surface area (TPSA) is 93.8 Å². The molecule has 0 aliphatic rings. The molecule has 84 valence electrons.